The molecule has 2 aromatic rings. The van der Waals surface area contributed by atoms with Crippen LogP contribution in [-0.2, 0) is 11.3 Å². The molecule has 2 aromatic heterocycles. The molecule has 4 rings (SSSR count). The standard InChI is InChI=1S/C20H25N5O/c26-20(18-8-11-22-18)25(17-6-9-21-10-7-17)14-16-12-24-19(13-23-16)15-4-2-1-3-5-15/h6-7,9-10,12-13,15,18,22H,1-5,8,11,14H2/t18-/m1/s1. The van der Waals surface area contributed by atoms with Crippen LogP contribution in [0.1, 0.15) is 55.8 Å². The Morgan fingerprint density at radius 1 is 1.08 bits per heavy atom. The summed E-state index contributed by atoms with van der Waals surface area (Å²) in [7, 11) is 0. The first-order valence-electron chi connectivity index (χ1n) is 9.57. The second-order valence-corrected chi connectivity index (χ2v) is 7.19. The van der Waals surface area contributed by atoms with Gasteiger partial charge in [-0.25, -0.2) is 0 Å². The topological polar surface area (TPSA) is 71.0 Å². The lowest BCUT2D eigenvalue weighted by Crippen LogP contribution is -2.54. The first kappa shape index (κ1) is 17.1. The molecule has 1 N–H and O–H groups in total. The van der Waals surface area contributed by atoms with Gasteiger partial charge in [-0.2, -0.15) is 0 Å². The number of pyridine rings is 1. The lowest BCUT2D eigenvalue weighted by atomic mass is 9.87. The maximum absolute atomic E-state index is 12.8. The van der Waals surface area contributed by atoms with Crippen LogP contribution in [0.4, 0.5) is 5.69 Å². The van der Waals surface area contributed by atoms with Crippen LogP contribution in [0.25, 0.3) is 0 Å². The summed E-state index contributed by atoms with van der Waals surface area (Å²) in [4.78, 5) is 27.9. The van der Waals surface area contributed by atoms with Crippen molar-refractivity contribution in [1.29, 1.82) is 0 Å². The number of nitrogens with zero attached hydrogens (tertiary/aromatic N) is 4. The third kappa shape index (κ3) is 3.75. The molecule has 136 valence electrons. The van der Waals surface area contributed by atoms with Gasteiger partial charge in [0.15, 0.2) is 0 Å². The van der Waals surface area contributed by atoms with Crippen molar-refractivity contribution in [2.24, 2.45) is 0 Å². The fraction of sp³-hybridized carbons (Fsp3) is 0.500. The predicted molar refractivity (Wildman–Crippen MR) is 99.7 cm³/mol. The molecule has 1 saturated heterocycles. The van der Waals surface area contributed by atoms with Crippen molar-refractivity contribution < 1.29 is 4.79 Å². The van der Waals surface area contributed by atoms with E-state index in [9.17, 15) is 4.79 Å². The van der Waals surface area contributed by atoms with Crippen molar-refractivity contribution in [3.8, 4) is 0 Å². The Labute approximate surface area is 154 Å². The molecule has 0 radical (unpaired) electrons. The van der Waals surface area contributed by atoms with Gasteiger partial charge in [-0.15, -0.1) is 0 Å². The summed E-state index contributed by atoms with van der Waals surface area (Å²) < 4.78 is 0. The van der Waals surface area contributed by atoms with E-state index in [2.05, 4.69) is 20.3 Å². The molecule has 6 heteroatoms. The monoisotopic (exact) mass is 351 g/mol. The number of rotatable bonds is 5. The van der Waals surface area contributed by atoms with Gasteiger partial charge in [-0.3, -0.25) is 19.7 Å². The summed E-state index contributed by atoms with van der Waals surface area (Å²) in [6.07, 6.45) is 14.4. The van der Waals surface area contributed by atoms with Crippen LogP contribution >= 0.6 is 0 Å². The maximum atomic E-state index is 12.8. The van der Waals surface area contributed by atoms with E-state index in [1.807, 2.05) is 24.5 Å². The van der Waals surface area contributed by atoms with Crippen LogP contribution < -0.4 is 10.2 Å². The fourth-order valence-electron chi connectivity index (χ4n) is 3.73. The summed E-state index contributed by atoms with van der Waals surface area (Å²) in [5.41, 5.74) is 2.75. The Bertz CT molecular complexity index is 724. The predicted octanol–water partition coefficient (Wildman–Crippen LogP) is 2.81. The highest BCUT2D eigenvalue weighted by Gasteiger charge is 2.30. The van der Waals surface area contributed by atoms with Gasteiger partial charge in [0.05, 0.1) is 30.2 Å². The average molecular weight is 351 g/mol. The molecular weight excluding hydrogens is 326 g/mol. The fourth-order valence-corrected chi connectivity index (χ4v) is 3.73. The minimum atomic E-state index is -0.0994. The molecule has 3 heterocycles. The second kappa shape index (κ2) is 7.91. The van der Waals surface area contributed by atoms with Crippen LogP contribution in [0.3, 0.4) is 0 Å². The van der Waals surface area contributed by atoms with Crippen LogP contribution in [0, 0.1) is 0 Å². The first-order valence-corrected chi connectivity index (χ1v) is 9.57. The zero-order valence-corrected chi connectivity index (χ0v) is 15.0. The molecule has 0 spiro atoms. The minimum absolute atomic E-state index is 0.0839. The van der Waals surface area contributed by atoms with E-state index in [0.717, 1.165) is 30.0 Å². The van der Waals surface area contributed by atoms with Crippen molar-refractivity contribution in [3.63, 3.8) is 0 Å². The normalized spacial score (nSPS) is 20.4. The number of anilines is 1. The highest BCUT2D eigenvalue weighted by molar-refractivity contribution is 5.97. The third-order valence-corrected chi connectivity index (χ3v) is 5.43. The lowest BCUT2D eigenvalue weighted by molar-refractivity contribution is -0.122. The summed E-state index contributed by atoms with van der Waals surface area (Å²) in [6.45, 7) is 1.33. The van der Waals surface area contributed by atoms with E-state index in [4.69, 9.17) is 0 Å². The summed E-state index contributed by atoms with van der Waals surface area (Å²) >= 11 is 0. The SMILES string of the molecule is O=C([C@H]1CCN1)N(Cc1cnc(C2CCCCC2)cn1)c1ccncc1. The van der Waals surface area contributed by atoms with Crippen molar-refractivity contribution >= 4 is 11.6 Å². The third-order valence-electron chi connectivity index (χ3n) is 5.43. The van der Waals surface area contributed by atoms with Crippen molar-refractivity contribution in [2.45, 2.75) is 57.0 Å². The molecule has 1 saturated carbocycles. The van der Waals surface area contributed by atoms with Crippen LogP contribution in [0.15, 0.2) is 36.9 Å². The Kier molecular flexibility index (Phi) is 5.20. The molecule has 1 amide bonds. The van der Waals surface area contributed by atoms with E-state index in [0.29, 0.717) is 12.5 Å². The summed E-state index contributed by atoms with van der Waals surface area (Å²) in [5, 5.41) is 3.19. The summed E-state index contributed by atoms with van der Waals surface area (Å²) in [6, 6.07) is 3.62. The highest BCUT2D eigenvalue weighted by atomic mass is 16.2. The van der Waals surface area contributed by atoms with E-state index in [1.165, 1.54) is 32.1 Å². The van der Waals surface area contributed by atoms with E-state index >= 15 is 0 Å². The van der Waals surface area contributed by atoms with Crippen LogP contribution in [-0.4, -0.2) is 33.4 Å². The highest BCUT2D eigenvalue weighted by Crippen LogP contribution is 2.31. The van der Waals surface area contributed by atoms with Gasteiger partial charge < -0.3 is 10.2 Å². The number of nitrogens with one attached hydrogen (secondary N) is 1. The Morgan fingerprint density at radius 2 is 1.85 bits per heavy atom. The zero-order chi connectivity index (χ0) is 17.8. The molecule has 0 unspecified atom stereocenters. The quantitative estimate of drug-likeness (QED) is 0.897. The Morgan fingerprint density at radius 3 is 2.46 bits per heavy atom. The molecule has 26 heavy (non-hydrogen) atoms. The first-order chi connectivity index (χ1) is 12.8. The molecular formula is C20H25N5O. The molecule has 2 fully saturated rings. The number of hydrogen-bond donors (Lipinski definition) is 1. The molecule has 1 atom stereocenters. The summed E-state index contributed by atoms with van der Waals surface area (Å²) in [5.74, 6) is 0.628. The van der Waals surface area contributed by atoms with Gasteiger partial charge >= 0.3 is 0 Å². The van der Waals surface area contributed by atoms with Crippen LogP contribution in [0.5, 0.6) is 0 Å². The Balaban J connectivity index is 1.50. The zero-order valence-electron chi connectivity index (χ0n) is 15.0. The largest absolute Gasteiger partial charge is 0.306 e. The van der Waals surface area contributed by atoms with Gasteiger partial charge in [0.25, 0.3) is 0 Å². The number of aromatic nitrogens is 3. The molecule has 0 bridgehead atoms. The van der Waals surface area contributed by atoms with Gasteiger partial charge in [0.2, 0.25) is 5.91 Å². The molecule has 1 aliphatic heterocycles. The Hall–Kier alpha value is -2.34. The van der Waals surface area contributed by atoms with Gasteiger partial charge in [0.1, 0.15) is 0 Å². The molecule has 0 aromatic carbocycles. The van der Waals surface area contributed by atoms with Crippen molar-refractivity contribution in [3.05, 3.63) is 48.3 Å². The van der Waals surface area contributed by atoms with Crippen molar-refractivity contribution in [1.82, 2.24) is 20.3 Å². The number of hydrogen-bond acceptors (Lipinski definition) is 5. The maximum Gasteiger partial charge on any atom is 0.244 e. The van der Waals surface area contributed by atoms with Gasteiger partial charge in [0, 0.05) is 30.2 Å². The lowest BCUT2D eigenvalue weighted by Gasteiger charge is -2.32. The van der Waals surface area contributed by atoms with E-state index in [-0.39, 0.29) is 11.9 Å². The number of amides is 1. The number of carbonyl (C=O) groups is 1. The average Bonchev–Trinajstić information content (AvgIpc) is 2.66. The van der Waals surface area contributed by atoms with Crippen LogP contribution in [0.2, 0.25) is 0 Å². The minimum Gasteiger partial charge on any atom is -0.306 e. The smallest absolute Gasteiger partial charge is 0.244 e. The number of carbonyl (C=O) groups excluding carboxylic acids is 1. The second-order valence-electron chi connectivity index (χ2n) is 7.19. The molecule has 1 aliphatic carbocycles. The van der Waals surface area contributed by atoms with Gasteiger partial charge in [-0.05, 0) is 37.9 Å². The van der Waals surface area contributed by atoms with E-state index in [1.54, 1.807) is 17.3 Å². The molecule has 6 nitrogen and oxygen atoms in total. The molecule has 2 aliphatic rings. The van der Waals surface area contributed by atoms with Crippen molar-refractivity contribution in [2.75, 3.05) is 11.4 Å². The van der Waals surface area contributed by atoms with E-state index < -0.39 is 0 Å². The van der Waals surface area contributed by atoms with Gasteiger partial charge in [-0.1, -0.05) is 19.3 Å².